The van der Waals surface area contributed by atoms with Crippen LogP contribution in [0.25, 0.3) is 16.6 Å². The fraction of sp³-hybridized carbons (Fsp3) is 0.235. The van der Waals surface area contributed by atoms with E-state index in [1.807, 2.05) is 13.8 Å². The van der Waals surface area contributed by atoms with E-state index in [4.69, 9.17) is 16.0 Å². The molecule has 3 rings (SSSR count). The predicted molar refractivity (Wildman–Crippen MR) is 97.4 cm³/mol. The van der Waals surface area contributed by atoms with Gasteiger partial charge in [-0.05, 0) is 46.5 Å². The molecule has 0 saturated carbocycles. The van der Waals surface area contributed by atoms with Crippen LogP contribution < -0.4 is 11.4 Å². The van der Waals surface area contributed by atoms with E-state index in [0.717, 1.165) is 4.57 Å². The maximum Gasteiger partial charge on any atom is 0.427 e. The standard InChI is InChI=1S/C17H13BrClFN2O3/c1-7(2)13-14(8(3)4-5-21-13)22-15-9(16(23)25-17(22)24)6-10(19)11(18)12(15)20/h4-7H,1-3H3. The van der Waals surface area contributed by atoms with Crippen molar-refractivity contribution in [1.82, 2.24) is 9.55 Å². The first-order valence-electron chi connectivity index (χ1n) is 7.43. The molecule has 0 bridgehead atoms. The quantitative estimate of drug-likeness (QED) is 0.571. The molecular formula is C17H13BrClFN2O3. The summed E-state index contributed by atoms with van der Waals surface area (Å²) in [7, 11) is 0. The Morgan fingerprint density at radius 2 is 2.04 bits per heavy atom. The number of benzene rings is 1. The fourth-order valence-corrected chi connectivity index (χ4v) is 3.21. The Morgan fingerprint density at radius 3 is 2.68 bits per heavy atom. The van der Waals surface area contributed by atoms with Crippen molar-refractivity contribution in [2.45, 2.75) is 26.7 Å². The Hall–Kier alpha value is -1.99. The van der Waals surface area contributed by atoms with Crippen molar-refractivity contribution in [3.05, 3.63) is 65.9 Å². The van der Waals surface area contributed by atoms with Crippen LogP contribution in [-0.4, -0.2) is 9.55 Å². The van der Waals surface area contributed by atoms with Gasteiger partial charge in [0.25, 0.3) is 0 Å². The molecule has 2 heterocycles. The molecule has 0 saturated heterocycles. The van der Waals surface area contributed by atoms with Gasteiger partial charge < -0.3 is 4.42 Å². The van der Waals surface area contributed by atoms with Crippen molar-refractivity contribution in [1.29, 1.82) is 0 Å². The van der Waals surface area contributed by atoms with Crippen molar-refractivity contribution in [3.63, 3.8) is 0 Å². The number of hydrogen-bond acceptors (Lipinski definition) is 4. The third kappa shape index (κ3) is 2.81. The number of nitrogens with zero attached hydrogens (tertiary/aromatic N) is 2. The second kappa shape index (κ2) is 6.38. The van der Waals surface area contributed by atoms with Crippen molar-refractivity contribution < 1.29 is 8.81 Å². The zero-order valence-electron chi connectivity index (χ0n) is 13.6. The Morgan fingerprint density at radius 1 is 1.36 bits per heavy atom. The van der Waals surface area contributed by atoms with Crippen molar-refractivity contribution in [2.75, 3.05) is 0 Å². The van der Waals surface area contributed by atoms with E-state index in [2.05, 4.69) is 20.9 Å². The number of hydrogen-bond donors (Lipinski definition) is 0. The molecule has 0 fully saturated rings. The summed E-state index contributed by atoms with van der Waals surface area (Å²) < 4.78 is 20.7. The molecule has 0 aliphatic heterocycles. The Labute approximate surface area is 155 Å². The molecule has 3 aromatic rings. The summed E-state index contributed by atoms with van der Waals surface area (Å²) in [4.78, 5) is 28.9. The van der Waals surface area contributed by atoms with E-state index in [1.54, 1.807) is 19.2 Å². The number of rotatable bonds is 2. The Bertz CT molecular complexity index is 1120. The highest BCUT2D eigenvalue weighted by Gasteiger charge is 2.23. The van der Waals surface area contributed by atoms with Gasteiger partial charge in [-0.1, -0.05) is 25.4 Å². The molecule has 0 amide bonds. The maximum atomic E-state index is 14.9. The van der Waals surface area contributed by atoms with Crippen molar-refractivity contribution in [3.8, 4) is 5.69 Å². The van der Waals surface area contributed by atoms with E-state index in [-0.39, 0.29) is 26.3 Å². The molecule has 0 aliphatic carbocycles. The highest BCUT2D eigenvalue weighted by atomic mass is 79.9. The molecule has 0 aliphatic rings. The molecule has 8 heteroatoms. The van der Waals surface area contributed by atoms with Gasteiger partial charge in [-0.3, -0.25) is 4.98 Å². The van der Waals surface area contributed by atoms with Crippen LogP contribution in [0.2, 0.25) is 5.02 Å². The second-order valence-electron chi connectivity index (χ2n) is 5.89. The van der Waals surface area contributed by atoms with Crippen LogP contribution in [0.4, 0.5) is 4.39 Å². The molecule has 0 N–H and O–H groups in total. The van der Waals surface area contributed by atoms with Gasteiger partial charge in [0.1, 0.15) is 5.52 Å². The SMILES string of the molecule is Cc1ccnc(C(C)C)c1-n1c(=O)oc(=O)c2cc(Cl)c(Br)c(F)c21. The molecular weight excluding hydrogens is 415 g/mol. The van der Waals surface area contributed by atoms with E-state index >= 15 is 0 Å². The highest BCUT2D eigenvalue weighted by molar-refractivity contribution is 9.10. The van der Waals surface area contributed by atoms with Crippen molar-refractivity contribution in [2.24, 2.45) is 0 Å². The Balaban J connectivity index is 2.63. The second-order valence-corrected chi connectivity index (χ2v) is 7.09. The minimum Gasteiger partial charge on any atom is -0.372 e. The molecule has 0 atom stereocenters. The van der Waals surface area contributed by atoms with Crippen LogP contribution in [0, 0.1) is 12.7 Å². The zero-order chi connectivity index (χ0) is 18.5. The third-order valence-corrected chi connectivity index (χ3v) is 5.17. The lowest BCUT2D eigenvalue weighted by atomic mass is 10.0. The number of halogens is 3. The highest BCUT2D eigenvalue weighted by Crippen LogP contribution is 2.33. The summed E-state index contributed by atoms with van der Waals surface area (Å²) in [5.74, 6) is -1.84. The molecule has 1 aromatic carbocycles. The first-order valence-corrected chi connectivity index (χ1v) is 8.60. The molecule has 0 radical (unpaired) electrons. The molecule has 0 spiro atoms. The van der Waals surface area contributed by atoms with Crippen LogP contribution in [0.5, 0.6) is 0 Å². The zero-order valence-corrected chi connectivity index (χ0v) is 15.9. The molecule has 2 aromatic heterocycles. The van der Waals surface area contributed by atoms with Gasteiger partial charge in [-0.15, -0.1) is 0 Å². The van der Waals surface area contributed by atoms with Gasteiger partial charge in [0.15, 0.2) is 5.82 Å². The van der Waals surface area contributed by atoms with Crippen LogP contribution in [0.3, 0.4) is 0 Å². The lowest BCUT2D eigenvalue weighted by molar-refractivity contribution is 0.440. The lowest BCUT2D eigenvalue weighted by Crippen LogP contribution is -2.26. The Kier molecular flexibility index (Phi) is 4.55. The number of aryl methyl sites for hydroxylation is 1. The van der Waals surface area contributed by atoms with Gasteiger partial charge in [0, 0.05) is 6.20 Å². The lowest BCUT2D eigenvalue weighted by Gasteiger charge is -2.17. The summed E-state index contributed by atoms with van der Waals surface area (Å²) in [6.45, 7) is 5.58. The van der Waals surface area contributed by atoms with Gasteiger partial charge in [0.2, 0.25) is 0 Å². The summed E-state index contributed by atoms with van der Waals surface area (Å²) in [5.41, 5.74) is 0.529. The molecule has 0 unspecified atom stereocenters. The summed E-state index contributed by atoms with van der Waals surface area (Å²) in [6, 6.07) is 2.97. The van der Waals surface area contributed by atoms with E-state index < -0.39 is 17.2 Å². The van der Waals surface area contributed by atoms with E-state index in [9.17, 15) is 14.0 Å². The van der Waals surface area contributed by atoms with Gasteiger partial charge in [-0.25, -0.2) is 18.5 Å². The van der Waals surface area contributed by atoms with Gasteiger partial charge >= 0.3 is 11.4 Å². The summed E-state index contributed by atoms with van der Waals surface area (Å²) in [5, 5.41) is -0.113. The first kappa shape index (κ1) is 17.8. The van der Waals surface area contributed by atoms with Crippen LogP contribution in [0.1, 0.15) is 31.0 Å². The minimum absolute atomic E-state index is 0.00879. The predicted octanol–water partition coefficient (Wildman–Crippen LogP) is 4.33. The molecule has 25 heavy (non-hydrogen) atoms. The smallest absolute Gasteiger partial charge is 0.372 e. The average Bonchev–Trinajstić information content (AvgIpc) is 2.54. The van der Waals surface area contributed by atoms with Crippen LogP contribution in [-0.2, 0) is 0 Å². The number of aromatic nitrogens is 2. The van der Waals surface area contributed by atoms with Crippen molar-refractivity contribution >= 4 is 38.4 Å². The monoisotopic (exact) mass is 426 g/mol. The van der Waals surface area contributed by atoms with Crippen LogP contribution in [0.15, 0.2) is 36.8 Å². The minimum atomic E-state index is -0.983. The van der Waals surface area contributed by atoms with Gasteiger partial charge in [0.05, 0.1) is 26.3 Å². The summed E-state index contributed by atoms with van der Waals surface area (Å²) >= 11 is 9.00. The topological polar surface area (TPSA) is 65.1 Å². The van der Waals surface area contributed by atoms with E-state index in [0.29, 0.717) is 16.9 Å². The first-order chi connectivity index (χ1) is 11.7. The fourth-order valence-electron chi connectivity index (χ4n) is 2.72. The normalized spacial score (nSPS) is 11.5. The third-order valence-electron chi connectivity index (χ3n) is 3.87. The number of pyridine rings is 1. The number of fused-ring (bicyclic) bond motifs is 1. The largest absolute Gasteiger partial charge is 0.427 e. The summed E-state index contributed by atoms with van der Waals surface area (Å²) in [6.07, 6.45) is 1.61. The average molecular weight is 428 g/mol. The van der Waals surface area contributed by atoms with Crippen LogP contribution >= 0.6 is 27.5 Å². The van der Waals surface area contributed by atoms with Gasteiger partial charge in [-0.2, -0.15) is 0 Å². The maximum absolute atomic E-state index is 14.9. The molecule has 130 valence electrons. The van der Waals surface area contributed by atoms with E-state index in [1.165, 1.54) is 6.07 Å². The molecule has 5 nitrogen and oxygen atoms in total.